The van der Waals surface area contributed by atoms with E-state index in [2.05, 4.69) is 33.9 Å². The number of halogens is 3. The summed E-state index contributed by atoms with van der Waals surface area (Å²) in [6.07, 6.45) is 5.79. The highest BCUT2D eigenvalue weighted by Gasteiger charge is 2.38. The van der Waals surface area contributed by atoms with Gasteiger partial charge in [-0.3, -0.25) is 19.2 Å². The van der Waals surface area contributed by atoms with Crippen LogP contribution in [0.15, 0.2) is 0 Å². The molecule has 4 amide bonds. The molecule has 51 heavy (non-hydrogen) atoms. The first-order valence-corrected chi connectivity index (χ1v) is 18.4. The van der Waals surface area contributed by atoms with E-state index in [1.54, 1.807) is 20.8 Å². The summed E-state index contributed by atoms with van der Waals surface area (Å²) in [6.45, 7) is 11.7. The second kappa shape index (κ2) is 27.6. The van der Waals surface area contributed by atoms with Crippen molar-refractivity contribution in [1.29, 1.82) is 0 Å². The minimum atomic E-state index is -5.08. The van der Waals surface area contributed by atoms with E-state index in [9.17, 15) is 42.3 Å². The van der Waals surface area contributed by atoms with Crippen LogP contribution in [0, 0.1) is 17.8 Å². The van der Waals surface area contributed by atoms with Crippen LogP contribution in [0.2, 0.25) is 0 Å². The van der Waals surface area contributed by atoms with Gasteiger partial charge in [0.05, 0.1) is 0 Å². The zero-order chi connectivity index (χ0) is 39.7. The lowest BCUT2D eigenvalue weighted by Crippen LogP contribution is -2.60. The maximum atomic E-state index is 13.4. The Labute approximate surface area is 306 Å². The van der Waals surface area contributed by atoms with Gasteiger partial charge < -0.3 is 37.2 Å². The standard InChI is InChI=1S/C32H61N5O6S.C2HF3O2/c1-7-23(6)28(31(41)35-24(32(42)43)19-21(2)3)37-30(40)27(22(4)5)36-29(39)25(20-44)34-26(38)17-15-13-11-9-8-10-12-14-16-18-33;3-2(4,5)1(6)7/h21-25,27-28,44H,7-20,33H2,1-6H3,(H,34,38)(H,35,41)(H,36,39)(H,37,40)(H,42,43);(H,6,7)/t23-,24-,25-,27-,28-;/m0./s1. The zero-order valence-corrected chi connectivity index (χ0v) is 31.8. The number of aliphatic carboxylic acids is 2. The van der Waals surface area contributed by atoms with E-state index >= 15 is 0 Å². The summed E-state index contributed by atoms with van der Waals surface area (Å²) in [5.41, 5.74) is 5.52. The average molecular weight is 758 g/mol. The molecule has 13 nitrogen and oxygen atoms in total. The predicted octanol–water partition coefficient (Wildman–Crippen LogP) is 4.18. The summed E-state index contributed by atoms with van der Waals surface area (Å²) >= 11 is 4.24. The van der Waals surface area contributed by atoms with Gasteiger partial charge in [0, 0.05) is 12.2 Å². The molecule has 0 saturated carbocycles. The third-order valence-electron chi connectivity index (χ3n) is 8.05. The summed E-state index contributed by atoms with van der Waals surface area (Å²) < 4.78 is 31.7. The Hall–Kier alpha value is -3.08. The van der Waals surface area contributed by atoms with Crippen LogP contribution >= 0.6 is 12.6 Å². The van der Waals surface area contributed by atoms with E-state index in [1.165, 1.54) is 25.7 Å². The molecule has 8 N–H and O–H groups in total. The van der Waals surface area contributed by atoms with Crippen molar-refractivity contribution < 1.29 is 52.2 Å². The van der Waals surface area contributed by atoms with Crippen molar-refractivity contribution in [3.63, 3.8) is 0 Å². The topological polar surface area (TPSA) is 217 Å². The van der Waals surface area contributed by atoms with Crippen molar-refractivity contribution in [3.05, 3.63) is 0 Å². The second-order valence-corrected chi connectivity index (χ2v) is 13.8. The van der Waals surface area contributed by atoms with Gasteiger partial charge in [-0.25, -0.2) is 9.59 Å². The summed E-state index contributed by atoms with van der Waals surface area (Å²) in [6, 6.07) is -3.98. The number of unbranched alkanes of at least 4 members (excludes halogenated alkanes) is 8. The molecule has 0 rings (SSSR count). The fraction of sp³-hybridized carbons (Fsp3) is 0.824. The van der Waals surface area contributed by atoms with Crippen molar-refractivity contribution in [2.75, 3.05) is 12.3 Å². The van der Waals surface area contributed by atoms with Crippen LogP contribution in [-0.2, 0) is 28.8 Å². The van der Waals surface area contributed by atoms with Gasteiger partial charge in [-0.1, -0.05) is 92.9 Å². The highest BCUT2D eigenvalue weighted by Crippen LogP contribution is 2.14. The fourth-order valence-corrected chi connectivity index (χ4v) is 5.07. The summed E-state index contributed by atoms with van der Waals surface area (Å²) in [7, 11) is 0. The first-order chi connectivity index (χ1) is 23.7. The van der Waals surface area contributed by atoms with E-state index < -0.39 is 60.0 Å². The molecule has 0 heterocycles. The first kappa shape index (κ1) is 50.0. The second-order valence-electron chi connectivity index (χ2n) is 13.5. The highest BCUT2D eigenvalue weighted by molar-refractivity contribution is 7.80. The number of carboxylic acid groups (broad SMARTS) is 2. The lowest BCUT2D eigenvalue weighted by Gasteiger charge is -2.30. The molecule has 0 aliphatic carbocycles. The van der Waals surface area contributed by atoms with Gasteiger partial charge >= 0.3 is 18.1 Å². The molecule has 0 spiro atoms. The summed E-state index contributed by atoms with van der Waals surface area (Å²) in [5, 5.41) is 27.4. The zero-order valence-electron chi connectivity index (χ0n) is 30.9. The van der Waals surface area contributed by atoms with Crippen LogP contribution in [0.1, 0.15) is 119 Å². The maximum Gasteiger partial charge on any atom is 0.490 e. The van der Waals surface area contributed by atoms with Gasteiger partial charge in [0.2, 0.25) is 23.6 Å². The number of hydrogen-bond acceptors (Lipinski definition) is 8. The number of carboxylic acids is 2. The van der Waals surface area contributed by atoms with Crippen LogP contribution in [0.3, 0.4) is 0 Å². The number of hydrogen-bond donors (Lipinski definition) is 8. The number of nitrogens with one attached hydrogen (secondary N) is 4. The molecular formula is C34H62F3N5O8S. The van der Waals surface area contributed by atoms with E-state index in [0.717, 1.165) is 38.6 Å². The maximum absolute atomic E-state index is 13.4. The van der Waals surface area contributed by atoms with Crippen LogP contribution in [0.25, 0.3) is 0 Å². The highest BCUT2D eigenvalue weighted by atomic mass is 32.1. The molecule has 0 aromatic heterocycles. The van der Waals surface area contributed by atoms with Crippen molar-refractivity contribution in [2.24, 2.45) is 23.5 Å². The molecule has 0 saturated heterocycles. The Balaban J connectivity index is 0. The largest absolute Gasteiger partial charge is 0.490 e. The lowest BCUT2D eigenvalue weighted by molar-refractivity contribution is -0.192. The number of thiol groups is 1. The first-order valence-electron chi connectivity index (χ1n) is 17.8. The van der Waals surface area contributed by atoms with Gasteiger partial charge in [-0.2, -0.15) is 25.8 Å². The molecule has 0 aromatic rings. The van der Waals surface area contributed by atoms with E-state index in [-0.39, 0.29) is 35.8 Å². The number of rotatable bonds is 25. The van der Waals surface area contributed by atoms with Gasteiger partial charge in [-0.05, 0) is 43.6 Å². The molecule has 0 fully saturated rings. The molecule has 0 bridgehead atoms. The third kappa shape index (κ3) is 23.9. The van der Waals surface area contributed by atoms with E-state index in [4.69, 9.17) is 15.6 Å². The number of carbonyl (C=O) groups is 6. The van der Waals surface area contributed by atoms with Gasteiger partial charge in [-0.15, -0.1) is 0 Å². The van der Waals surface area contributed by atoms with Gasteiger partial charge in [0.15, 0.2) is 0 Å². The number of amides is 4. The molecule has 0 aromatic carbocycles. The molecular weight excluding hydrogens is 695 g/mol. The minimum Gasteiger partial charge on any atom is -0.480 e. The van der Waals surface area contributed by atoms with Crippen molar-refractivity contribution >= 4 is 48.2 Å². The Morgan fingerprint density at radius 1 is 0.686 bits per heavy atom. The van der Waals surface area contributed by atoms with Crippen LogP contribution in [0.4, 0.5) is 13.2 Å². The Kier molecular flexibility index (Phi) is 27.0. The smallest absolute Gasteiger partial charge is 0.480 e. The van der Waals surface area contributed by atoms with Crippen LogP contribution < -0.4 is 27.0 Å². The molecule has 0 aliphatic rings. The van der Waals surface area contributed by atoms with E-state index in [1.807, 2.05) is 20.8 Å². The quantitative estimate of drug-likeness (QED) is 0.0494. The van der Waals surface area contributed by atoms with Crippen LogP contribution in [-0.4, -0.2) is 88.4 Å². The number of alkyl halides is 3. The SMILES string of the molecule is CC[C@H](C)[C@H](NC(=O)[C@@H](NC(=O)[C@H](CS)NC(=O)CCCCCCCCCCCN)C(C)C)C(=O)N[C@@H](CC(C)C)C(=O)O.O=C(O)C(F)(F)F. The van der Waals surface area contributed by atoms with Crippen molar-refractivity contribution in [3.8, 4) is 0 Å². The molecule has 0 unspecified atom stereocenters. The minimum absolute atomic E-state index is 0.0422. The third-order valence-corrected chi connectivity index (χ3v) is 8.41. The van der Waals surface area contributed by atoms with Gasteiger partial charge in [0.1, 0.15) is 24.2 Å². The Morgan fingerprint density at radius 3 is 1.53 bits per heavy atom. The Morgan fingerprint density at radius 2 is 1.14 bits per heavy atom. The number of nitrogens with two attached hydrogens (primary N) is 1. The van der Waals surface area contributed by atoms with Crippen LogP contribution in [0.5, 0.6) is 0 Å². The van der Waals surface area contributed by atoms with E-state index in [0.29, 0.717) is 12.8 Å². The normalized spacial score (nSPS) is 14.3. The molecule has 0 aliphatic heterocycles. The summed E-state index contributed by atoms with van der Waals surface area (Å²) in [4.78, 5) is 72.7. The Bertz CT molecular complexity index is 1070. The number of carbonyl (C=O) groups excluding carboxylic acids is 4. The molecule has 298 valence electrons. The monoisotopic (exact) mass is 757 g/mol. The van der Waals surface area contributed by atoms with Crippen molar-refractivity contribution in [2.45, 2.75) is 149 Å². The van der Waals surface area contributed by atoms with Gasteiger partial charge in [0.25, 0.3) is 0 Å². The lowest BCUT2D eigenvalue weighted by atomic mass is 9.95. The molecule has 0 radical (unpaired) electrons. The summed E-state index contributed by atoms with van der Waals surface area (Å²) in [5.74, 6) is -6.35. The molecule has 5 atom stereocenters. The predicted molar refractivity (Wildman–Crippen MR) is 192 cm³/mol. The molecule has 17 heteroatoms. The average Bonchev–Trinajstić information content (AvgIpc) is 3.04. The van der Waals surface area contributed by atoms with Crippen molar-refractivity contribution in [1.82, 2.24) is 21.3 Å². The fourth-order valence-electron chi connectivity index (χ4n) is 4.82.